The van der Waals surface area contributed by atoms with E-state index < -0.39 is 174 Å². The number of nitrogens with two attached hydrogens (primary N) is 5. The number of hydrogen-bond donors (Lipinski definition) is 13. The number of amides is 13. The molecule has 35 heteroatoms. The first-order valence-electron chi connectivity index (χ1n) is 27.5. The van der Waals surface area contributed by atoms with Crippen LogP contribution in [0.1, 0.15) is 58.6 Å². The van der Waals surface area contributed by atoms with Crippen LogP contribution in [-0.2, 0) is 94.4 Å². The predicted octanol–water partition coefficient (Wildman–Crippen LogP) is -4.68. The highest BCUT2D eigenvalue weighted by Gasteiger charge is 2.78. The minimum absolute atomic E-state index is 0.0243. The smallest absolute Gasteiger partial charge is 0.410 e. The van der Waals surface area contributed by atoms with Gasteiger partial charge in [-0.3, -0.25) is 62.4 Å². The minimum Gasteiger partial charge on any atom is -0.449 e. The zero-order chi connectivity index (χ0) is 66.8. The van der Waals surface area contributed by atoms with Crippen molar-refractivity contribution < 1.29 is 95.6 Å². The Balaban J connectivity index is 0.944. The monoisotopic (exact) mass is 1260 g/mol. The highest BCUT2D eigenvalue weighted by atomic mass is 16.6. The second kappa shape index (κ2) is 28.9. The quantitative estimate of drug-likeness (QED) is 0.0165. The van der Waals surface area contributed by atoms with Crippen LogP contribution in [0.5, 0.6) is 0 Å². The van der Waals surface area contributed by atoms with Crippen molar-refractivity contribution in [1.29, 1.82) is 0 Å². The van der Waals surface area contributed by atoms with Gasteiger partial charge in [0.1, 0.15) is 62.1 Å². The summed E-state index contributed by atoms with van der Waals surface area (Å²) < 4.78 is 26.5. The molecule has 90 heavy (non-hydrogen) atoms. The summed E-state index contributed by atoms with van der Waals surface area (Å²) in [4.78, 5) is 196. The van der Waals surface area contributed by atoms with Gasteiger partial charge in [0.25, 0.3) is 11.8 Å². The SMILES string of the molecule is COC(C(=O)N[C@@H](C)C(=O)N[C@@H](C)C(=O)N[C@@H](CC(N)=O)C(=O)Nc1ccc(COC(N)=O)cc1)C(=O)N[C@@H](C)C(=O)N[C@@H](C)C(=O)N[C@@H](CC(N)=O)C(=O)Nc1ccc(COC(=O)N2C3[C@@H]2CN2C4=C(C(=O)C(N)=C(C)C4=O)[C@@H](COC(N)=O)[C@@]32OC)cc1. The lowest BCUT2D eigenvalue weighted by Crippen LogP contribution is -2.58. The van der Waals surface area contributed by atoms with E-state index in [9.17, 15) is 71.9 Å². The molecule has 0 spiro atoms. The molecule has 2 fully saturated rings. The number of carbonyl (C=O) groups excluding carboxylic acids is 15. The Labute approximate surface area is 511 Å². The summed E-state index contributed by atoms with van der Waals surface area (Å²) in [7, 11) is 2.30. The topological polar surface area (TPSA) is 535 Å². The zero-order valence-electron chi connectivity index (χ0n) is 49.6. The molecule has 0 bridgehead atoms. The standard InChI is InChI=1S/C55H69N15O20/c1-22-38(58)41(74)37-31(21-89-53(60)84)55(87-7)43-34(18-69(55)39(37)40(22)73)70(43)54(85)90-20-28-10-14-30(15-11-28)66-49(80)33(17-36(57)72)68-47(78)26(5)62-45(76)24(3)64-51(82)42(86-6)50(81)63-23(2)44(75)61-25(4)46(77)67-32(16-35(56)71)48(79)65-29-12-8-27(9-13-29)19-88-52(59)83/h8-15,23-26,31-34,42-43H,16-21,58H2,1-7H3,(H2,56,71)(H2,57,72)(H2,59,83)(H2,60,84)(H,61,75)(H,62,76)(H,63,81)(H,64,82)(H,65,79)(H,66,80)(H,67,77)(H,68,78)/t23-,24-,25-,26-,31+,32-,33-,34-,42?,43?,55+,70?/m0/s1. The number of methoxy groups -OCH3 is 2. The van der Waals surface area contributed by atoms with E-state index in [0.29, 0.717) is 11.1 Å². The van der Waals surface area contributed by atoms with Gasteiger partial charge in [-0.25, -0.2) is 14.4 Å². The number of primary amides is 4. The van der Waals surface area contributed by atoms with Crippen molar-refractivity contribution in [3.63, 3.8) is 0 Å². The lowest BCUT2D eigenvalue weighted by molar-refractivity contribution is -0.146. The van der Waals surface area contributed by atoms with Crippen molar-refractivity contribution in [2.24, 2.45) is 34.6 Å². The molecule has 4 aliphatic rings. The van der Waals surface area contributed by atoms with Crippen molar-refractivity contribution in [2.75, 3.05) is 38.0 Å². The van der Waals surface area contributed by atoms with Crippen molar-refractivity contribution >= 4 is 100 Å². The first kappa shape index (κ1) is 68.4. The van der Waals surface area contributed by atoms with Gasteiger partial charge < -0.3 is 99.8 Å². The second-order valence-electron chi connectivity index (χ2n) is 21.2. The van der Waals surface area contributed by atoms with Crippen LogP contribution in [0.2, 0.25) is 0 Å². The van der Waals surface area contributed by atoms with Gasteiger partial charge in [-0.15, -0.1) is 0 Å². The molecule has 2 unspecified atom stereocenters. The third kappa shape index (κ3) is 15.7. The molecule has 0 saturated carbocycles. The molecule has 18 N–H and O–H groups in total. The fourth-order valence-electron chi connectivity index (χ4n) is 10.2. The van der Waals surface area contributed by atoms with E-state index in [1.165, 1.54) is 95.2 Å². The fraction of sp³-hybridized carbons (Fsp3) is 0.436. The molecule has 0 aromatic heterocycles. The average molecular weight is 1260 g/mol. The van der Waals surface area contributed by atoms with Crippen molar-refractivity contribution in [1.82, 2.24) is 41.7 Å². The number of rotatable bonds is 28. The van der Waals surface area contributed by atoms with Gasteiger partial charge >= 0.3 is 18.3 Å². The normalized spacial score (nSPS) is 20.1. The molecule has 1 aliphatic carbocycles. The van der Waals surface area contributed by atoms with Crippen molar-refractivity contribution in [3.05, 3.63) is 82.2 Å². The van der Waals surface area contributed by atoms with Gasteiger partial charge in [-0.1, -0.05) is 24.3 Å². The van der Waals surface area contributed by atoms with Crippen LogP contribution in [-0.4, -0.2) is 186 Å². The Morgan fingerprint density at radius 1 is 0.567 bits per heavy atom. The summed E-state index contributed by atoms with van der Waals surface area (Å²) in [6.45, 7) is 5.42. The fourth-order valence-corrected chi connectivity index (χ4v) is 10.2. The van der Waals surface area contributed by atoms with Crippen LogP contribution in [0.4, 0.5) is 25.8 Å². The maximum atomic E-state index is 13.6. The van der Waals surface area contributed by atoms with Crippen LogP contribution >= 0.6 is 0 Å². The van der Waals surface area contributed by atoms with Crippen LogP contribution < -0.4 is 71.2 Å². The summed E-state index contributed by atoms with van der Waals surface area (Å²) in [5.74, 6) is -12.1. The molecule has 6 rings (SSSR count). The van der Waals surface area contributed by atoms with Crippen LogP contribution in [0.15, 0.2) is 71.1 Å². The molecule has 2 aromatic rings. The Morgan fingerprint density at radius 3 is 1.38 bits per heavy atom. The van der Waals surface area contributed by atoms with E-state index >= 15 is 0 Å². The lowest BCUT2D eigenvalue weighted by atomic mass is 9.82. The summed E-state index contributed by atoms with van der Waals surface area (Å²) in [6.07, 6.45) is -6.22. The first-order valence-corrected chi connectivity index (χ1v) is 27.5. The number of piperazine rings is 1. The molecule has 2 saturated heterocycles. The molecule has 3 heterocycles. The van der Waals surface area contributed by atoms with Gasteiger partial charge in [0.15, 0.2) is 5.72 Å². The third-order valence-corrected chi connectivity index (χ3v) is 14.9. The van der Waals surface area contributed by atoms with E-state index in [4.69, 9.17) is 52.4 Å². The predicted molar refractivity (Wildman–Crippen MR) is 306 cm³/mol. The number of ketones is 2. The molecule has 3 aliphatic heterocycles. The molecular weight excluding hydrogens is 1190 g/mol. The lowest BCUT2D eigenvalue weighted by Gasteiger charge is -2.40. The molecule has 13 amide bonds. The number of Topliss-reactive ketones (excluding diaryl/α,β-unsaturated/α-hetero) is 2. The number of anilines is 2. The van der Waals surface area contributed by atoms with Crippen LogP contribution in [0.3, 0.4) is 0 Å². The van der Waals surface area contributed by atoms with E-state index in [2.05, 4.69) is 42.5 Å². The minimum atomic E-state index is -1.97. The van der Waals surface area contributed by atoms with Crippen molar-refractivity contribution in [2.45, 2.75) is 121 Å². The molecule has 0 radical (unpaired) electrons. The largest absolute Gasteiger partial charge is 0.449 e. The number of allylic oxidation sites excluding steroid dienone is 2. The van der Waals surface area contributed by atoms with E-state index in [0.717, 1.165) is 7.11 Å². The molecule has 11 atom stereocenters. The Morgan fingerprint density at radius 2 is 0.978 bits per heavy atom. The summed E-state index contributed by atoms with van der Waals surface area (Å²) >= 11 is 0. The molecular formula is C55H69N15O20. The van der Waals surface area contributed by atoms with E-state index in [-0.39, 0.29) is 53.7 Å². The van der Waals surface area contributed by atoms with Gasteiger partial charge in [0, 0.05) is 43.3 Å². The Hall–Kier alpha value is -10.7. The van der Waals surface area contributed by atoms with E-state index in [1.54, 1.807) is 4.90 Å². The number of nitrogens with one attached hydrogen (secondary N) is 8. The van der Waals surface area contributed by atoms with Crippen molar-refractivity contribution in [3.8, 4) is 0 Å². The van der Waals surface area contributed by atoms with Crippen LogP contribution in [0.25, 0.3) is 0 Å². The Kier molecular flexibility index (Phi) is 21.9. The summed E-state index contributed by atoms with van der Waals surface area (Å²) in [5.41, 5.74) is 26.5. The maximum absolute atomic E-state index is 13.6. The summed E-state index contributed by atoms with van der Waals surface area (Å²) in [6, 6.07) is 1.69. The Bertz CT molecular complexity index is 3340. The molecule has 35 nitrogen and oxygen atoms in total. The van der Waals surface area contributed by atoms with E-state index in [1.807, 2.05) is 0 Å². The van der Waals surface area contributed by atoms with Gasteiger partial charge in [-0.2, -0.15) is 0 Å². The zero-order valence-corrected chi connectivity index (χ0v) is 49.6. The summed E-state index contributed by atoms with van der Waals surface area (Å²) in [5, 5.41) is 18.8. The first-order chi connectivity index (χ1) is 42.3. The number of nitrogens with zero attached hydrogens (tertiary/aromatic N) is 2. The average Bonchev–Trinajstić information content (AvgIpc) is 1.49. The maximum Gasteiger partial charge on any atom is 0.410 e. The van der Waals surface area contributed by atoms with Crippen LogP contribution in [0, 0.1) is 5.92 Å². The number of carbonyl (C=O) groups is 15. The number of fused-ring (bicyclic) bond motifs is 4. The number of benzene rings is 2. The van der Waals surface area contributed by atoms with Gasteiger partial charge in [0.05, 0.1) is 36.2 Å². The third-order valence-electron chi connectivity index (χ3n) is 14.9. The van der Waals surface area contributed by atoms with Gasteiger partial charge in [-0.05, 0) is 70.0 Å². The molecule has 2 aromatic carbocycles. The van der Waals surface area contributed by atoms with Gasteiger partial charge in [0.2, 0.25) is 64.9 Å². The second-order valence-corrected chi connectivity index (χ2v) is 21.2. The molecule has 484 valence electrons. The number of ether oxygens (including phenoxy) is 5. The highest BCUT2D eigenvalue weighted by Crippen LogP contribution is 2.60. The highest BCUT2D eigenvalue weighted by molar-refractivity contribution is 6.25. The number of hydrogen-bond acceptors (Lipinski definition) is 22.